The van der Waals surface area contributed by atoms with Crippen LogP contribution in [0.5, 0.6) is 0 Å². The van der Waals surface area contributed by atoms with E-state index in [4.69, 9.17) is 11.6 Å². The molecule has 0 aliphatic carbocycles. The van der Waals surface area contributed by atoms with Gasteiger partial charge in [-0.15, -0.1) is 0 Å². The van der Waals surface area contributed by atoms with Gasteiger partial charge in [0.05, 0.1) is 18.4 Å². The first-order valence-electron chi connectivity index (χ1n) is 5.36. The van der Waals surface area contributed by atoms with Crippen LogP contribution >= 0.6 is 11.6 Å². The summed E-state index contributed by atoms with van der Waals surface area (Å²) in [6, 6.07) is 7.21. The van der Waals surface area contributed by atoms with Crippen LogP contribution in [0.2, 0.25) is 5.02 Å². The minimum absolute atomic E-state index is 0.221. The van der Waals surface area contributed by atoms with Crippen molar-refractivity contribution in [2.45, 2.75) is 0 Å². The Balaban J connectivity index is 2.26. The maximum absolute atomic E-state index is 13.6. The highest BCUT2D eigenvalue weighted by molar-refractivity contribution is 6.30. The fourth-order valence-electron chi connectivity index (χ4n) is 1.47. The van der Waals surface area contributed by atoms with Gasteiger partial charge in [-0.2, -0.15) is 0 Å². The summed E-state index contributed by atoms with van der Waals surface area (Å²) >= 11 is 5.66. The third kappa shape index (κ3) is 3.20. The summed E-state index contributed by atoms with van der Waals surface area (Å²) in [5.74, 6) is -0.649. The first-order chi connectivity index (χ1) is 9.10. The monoisotopic (exact) mass is 280 g/mol. The molecule has 2 aromatic rings. The minimum Gasteiger partial charge on any atom is -0.465 e. The number of halogens is 2. The molecule has 1 heterocycles. The van der Waals surface area contributed by atoms with E-state index in [2.05, 4.69) is 15.0 Å². The fraction of sp³-hybridized carbons (Fsp3) is 0.0769. The second-order valence-electron chi connectivity index (χ2n) is 3.67. The van der Waals surface area contributed by atoms with Gasteiger partial charge in [0.1, 0.15) is 11.6 Å². The van der Waals surface area contributed by atoms with E-state index in [0.29, 0.717) is 16.4 Å². The number of anilines is 2. The summed E-state index contributed by atoms with van der Waals surface area (Å²) in [5.41, 5.74) is 0.549. The van der Waals surface area contributed by atoms with Crippen molar-refractivity contribution in [3.63, 3.8) is 0 Å². The van der Waals surface area contributed by atoms with Gasteiger partial charge in [-0.1, -0.05) is 11.6 Å². The number of nitrogens with zero attached hydrogens (tertiary/aromatic N) is 1. The Kier molecular flexibility index (Phi) is 3.97. The second kappa shape index (κ2) is 5.67. The first-order valence-corrected chi connectivity index (χ1v) is 5.74. The summed E-state index contributed by atoms with van der Waals surface area (Å²) in [6.07, 6.45) is 1.43. The average Bonchev–Trinajstić information content (AvgIpc) is 2.41. The van der Waals surface area contributed by atoms with E-state index < -0.39 is 11.8 Å². The van der Waals surface area contributed by atoms with Crippen molar-refractivity contribution in [2.75, 3.05) is 12.4 Å². The second-order valence-corrected chi connectivity index (χ2v) is 4.11. The lowest BCUT2D eigenvalue weighted by molar-refractivity contribution is 0.0600. The number of nitrogens with one attached hydrogen (secondary N) is 1. The van der Waals surface area contributed by atoms with Crippen LogP contribution in [-0.4, -0.2) is 18.1 Å². The Bertz CT molecular complexity index is 619. The topological polar surface area (TPSA) is 51.2 Å². The number of ether oxygens (including phenoxy) is 1. The van der Waals surface area contributed by atoms with Crippen LogP contribution in [0.15, 0.2) is 36.5 Å². The van der Waals surface area contributed by atoms with E-state index in [9.17, 15) is 9.18 Å². The molecule has 0 aliphatic rings. The summed E-state index contributed by atoms with van der Waals surface area (Å²) < 4.78 is 18.2. The molecule has 0 amide bonds. The highest BCUT2D eigenvalue weighted by atomic mass is 35.5. The number of hydrogen-bond acceptors (Lipinski definition) is 4. The van der Waals surface area contributed by atoms with Crippen LogP contribution in [0.1, 0.15) is 10.4 Å². The first kappa shape index (κ1) is 13.3. The Morgan fingerprint density at radius 1 is 1.37 bits per heavy atom. The van der Waals surface area contributed by atoms with Gasteiger partial charge in [-0.3, -0.25) is 0 Å². The molecule has 0 saturated heterocycles. The molecule has 0 bridgehead atoms. The highest BCUT2D eigenvalue weighted by Gasteiger charge is 2.08. The number of carbonyl (C=O) groups is 1. The smallest absolute Gasteiger partial charge is 0.338 e. The van der Waals surface area contributed by atoms with Crippen molar-refractivity contribution in [3.05, 3.63) is 52.9 Å². The van der Waals surface area contributed by atoms with Crippen molar-refractivity contribution in [2.24, 2.45) is 0 Å². The number of carbonyl (C=O) groups excluding carboxylic acids is 1. The van der Waals surface area contributed by atoms with Crippen LogP contribution in [0.25, 0.3) is 0 Å². The normalized spacial score (nSPS) is 10.1. The van der Waals surface area contributed by atoms with E-state index in [1.807, 2.05) is 0 Å². The van der Waals surface area contributed by atoms with Gasteiger partial charge in [0, 0.05) is 11.2 Å². The third-order valence-electron chi connectivity index (χ3n) is 2.37. The van der Waals surface area contributed by atoms with Gasteiger partial charge < -0.3 is 10.1 Å². The van der Waals surface area contributed by atoms with E-state index in [1.165, 1.54) is 37.6 Å². The standard InChI is InChI=1S/C13H10ClFN2O2/c1-19-13(18)8-4-5-16-12(6-8)17-11-3-2-9(14)7-10(11)15/h2-7H,1H3,(H,16,17). The number of benzene rings is 1. The molecule has 1 aromatic carbocycles. The molecule has 98 valence electrons. The molecule has 0 unspecified atom stereocenters. The molecule has 6 heteroatoms. The number of aromatic nitrogens is 1. The number of esters is 1. The molecule has 2 rings (SSSR count). The fourth-order valence-corrected chi connectivity index (χ4v) is 1.63. The van der Waals surface area contributed by atoms with Crippen LogP contribution < -0.4 is 5.32 Å². The lowest BCUT2D eigenvalue weighted by atomic mass is 10.2. The molecule has 0 saturated carbocycles. The third-order valence-corrected chi connectivity index (χ3v) is 2.61. The SMILES string of the molecule is COC(=O)c1ccnc(Nc2ccc(Cl)cc2F)c1. The molecule has 0 radical (unpaired) electrons. The van der Waals surface area contributed by atoms with E-state index >= 15 is 0 Å². The summed E-state index contributed by atoms with van der Waals surface area (Å²) in [4.78, 5) is 15.4. The molecular formula is C13H10ClFN2O2. The van der Waals surface area contributed by atoms with Gasteiger partial charge in [-0.25, -0.2) is 14.2 Å². The number of methoxy groups -OCH3 is 1. The zero-order valence-corrected chi connectivity index (χ0v) is 10.7. The van der Waals surface area contributed by atoms with Crippen molar-refractivity contribution < 1.29 is 13.9 Å². The highest BCUT2D eigenvalue weighted by Crippen LogP contribution is 2.22. The summed E-state index contributed by atoms with van der Waals surface area (Å²) in [6.45, 7) is 0. The number of pyridine rings is 1. The van der Waals surface area contributed by atoms with Crippen molar-refractivity contribution in [1.29, 1.82) is 0 Å². The Morgan fingerprint density at radius 3 is 2.84 bits per heavy atom. The lowest BCUT2D eigenvalue weighted by Gasteiger charge is -2.08. The van der Waals surface area contributed by atoms with Crippen molar-refractivity contribution in [1.82, 2.24) is 4.98 Å². The van der Waals surface area contributed by atoms with Gasteiger partial charge in [0.2, 0.25) is 0 Å². The maximum Gasteiger partial charge on any atom is 0.338 e. The molecule has 0 fully saturated rings. The molecule has 0 spiro atoms. The molecule has 0 aliphatic heterocycles. The molecule has 0 atom stereocenters. The molecule has 4 nitrogen and oxygen atoms in total. The summed E-state index contributed by atoms with van der Waals surface area (Å²) in [5, 5.41) is 3.07. The van der Waals surface area contributed by atoms with Gasteiger partial charge in [0.15, 0.2) is 0 Å². The predicted molar refractivity (Wildman–Crippen MR) is 70.3 cm³/mol. The van der Waals surface area contributed by atoms with Crippen molar-refractivity contribution >= 4 is 29.1 Å². The Labute approximate surface area is 114 Å². The largest absolute Gasteiger partial charge is 0.465 e. The number of rotatable bonds is 3. The molecular weight excluding hydrogens is 271 g/mol. The van der Waals surface area contributed by atoms with Crippen LogP contribution in [-0.2, 0) is 4.74 Å². The van der Waals surface area contributed by atoms with Crippen LogP contribution in [0.3, 0.4) is 0 Å². The molecule has 1 aromatic heterocycles. The van der Waals surface area contributed by atoms with Crippen LogP contribution in [0.4, 0.5) is 15.9 Å². The van der Waals surface area contributed by atoms with Crippen molar-refractivity contribution in [3.8, 4) is 0 Å². The van der Waals surface area contributed by atoms with Gasteiger partial charge >= 0.3 is 5.97 Å². The zero-order valence-electron chi connectivity index (χ0n) is 9.98. The van der Waals surface area contributed by atoms with E-state index in [-0.39, 0.29) is 5.69 Å². The lowest BCUT2D eigenvalue weighted by Crippen LogP contribution is -2.03. The predicted octanol–water partition coefficient (Wildman–Crippen LogP) is 3.40. The van der Waals surface area contributed by atoms with Crippen LogP contribution in [0, 0.1) is 5.82 Å². The zero-order chi connectivity index (χ0) is 13.8. The Morgan fingerprint density at radius 2 is 2.16 bits per heavy atom. The van der Waals surface area contributed by atoms with E-state index in [0.717, 1.165) is 0 Å². The van der Waals surface area contributed by atoms with Gasteiger partial charge in [-0.05, 0) is 30.3 Å². The quantitative estimate of drug-likeness (QED) is 0.876. The molecule has 19 heavy (non-hydrogen) atoms. The van der Waals surface area contributed by atoms with E-state index in [1.54, 1.807) is 6.07 Å². The maximum atomic E-state index is 13.6. The number of hydrogen-bond donors (Lipinski definition) is 1. The average molecular weight is 281 g/mol. The van der Waals surface area contributed by atoms with Gasteiger partial charge in [0.25, 0.3) is 0 Å². The minimum atomic E-state index is -0.502. The molecule has 1 N–H and O–H groups in total. The Hall–Kier alpha value is -2.14. The summed E-state index contributed by atoms with van der Waals surface area (Å²) in [7, 11) is 1.29.